The lowest BCUT2D eigenvalue weighted by Gasteiger charge is -2.16. The van der Waals surface area contributed by atoms with Gasteiger partial charge in [-0.1, -0.05) is 18.6 Å². The minimum atomic E-state index is 0.282. The van der Waals surface area contributed by atoms with Crippen molar-refractivity contribution in [1.82, 2.24) is 19.9 Å². The smallest absolute Gasteiger partial charge is 0.222 e. The van der Waals surface area contributed by atoms with Crippen LogP contribution in [0, 0.1) is 0 Å². The van der Waals surface area contributed by atoms with Crippen LogP contribution in [-0.4, -0.2) is 38.9 Å². The first-order valence-electron chi connectivity index (χ1n) is 5.95. The highest BCUT2D eigenvalue weighted by Gasteiger charge is 2.27. The summed E-state index contributed by atoms with van der Waals surface area (Å²) >= 11 is 0. The highest BCUT2D eigenvalue weighted by atomic mass is 16.2. The van der Waals surface area contributed by atoms with Gasteiger partial charge in [0.05, 0.1) is 12.2 Å². The predicted octanol–water partition coefficient (Wildman–Crippen LogP) is 1.24. The molecule has 5 nitrogen and oxygen atoms in total. The number of unbranched alkanes of at least 4 members (excludes halogenated alkanes) is 1. The second-order valence-corrected chi connectivity index (χ2v) is 4.27. The SMILES string of the molecule is CCCCC(=O)N1CCC(n2ccnn2)C1. The van der Waals surface area contributed by atoms with E-state index in [0.717, 1.165) is 32.4 Å². The van der Waals surface area contributed by atoms with E-state index in [2.05, 4.69) is 17.2 Å². The first-order valence-corrected chi connectivity index (χ1v) is 5.95. The van der Waals surface area contributed by atoms with Crippen LogP contribution in [0.25, 0.3) is 0 Å². The Morgan fingerprint density at radius 3 is 3.12 bits per heavy atom. The van der Waals surface area contributed by atoms with Gasteiger partial charge in [0.2, 0.25) is 5.91 Å². The molecule has 0 aliphatic carbocycles. The van der Waals surface area contributed by atoms with Gasteiger partial charge in [-0.3, -0.25) is 4.79 Å². The van der Waals surface area contributed by atoms with E-state index >= 15 is 0 Å². The van der Waals surface area contributed by atoms with Crippen molar-refractivity contribution in [1.29, 1.82) is 0 Å². The summed E-state index contributed by atoms with van der Waals surface area (Å²) in [6, 6.07) is 0.313. The maximum atomic E-state index is 11.8. The number of aromatic nitrogens is 3. The molecule has 0 bridgehead atoms. The number of rotatable bonds is 4. The number of hydrogen-bond acceptors (Lipinski definition) is 3. The molecule has 0 radical (unpaired) electrons. The fraction of sp³-hybridized carbons (Fsp3) is 0.727. The summed E-state index contributed by atoms with van der Waals surface area (Å²) in [4.78, 5) is 13.7. The first kappa shape index (κ1) is 11.1. The molecule has 1 aliphatic rings. The van der Waals surface area contributed by atoms with Crippen molar-refractivity contribution in [2.75, 3.05) is 13.1 Å². The molecule has 1 aliphatic heterocycles. The fourth-order valence-electron chi connectivity index (χ4n) is 2.08. The zero-order valence-electron chi connectivity index (χ0n) is 9.67. The van der Waals surface area contributed by atoms with Crippen LogP contribution in [0.5, 0.6) is 0 Å². The van der Waals surface area contributed by atoms with E-state index in [1.54, 1.807) is 6.20 Å². The van der Waals surface area contributed by atoms with Crippen LogP contribution in [0.4, 0.5) is 0 Å². The monoisotopic (exact) mass is 222 g/mol. The van der Waals surface area contributed by atoms with E-state index < -0.39 is 0 Å². The number of hydrogen-bond donors (Lipinski definition) is 0. The maximum absolute atomic E-state index is 11.8. The molecule has 0 N–H and O–H groups in total. The third-order valence-electron chi connectivity index (χ3n) is 3.08. The Balaban J connectivity index is 1.86. The fourth-order valence-corrected chi connectivity index (χ4v) is 2.08. The molecule has 16 heavy (non-hydrogen) atoms. The highest BCUT2D eigenvalue weighted by Crippen LogP contribution is 2.21. The van der Waals surface area contributed by atoms with Crippen LogP contribution in [0.15, 0.2) is 12.4 Å². The minimum absolute atomic E-state index is 0.282. The molecule has 1 aromatic rings. The van der Waals surface area contributed by atoms with Gasteiger partial charge in [0, 0.05) is 25.7 Å². The second kappa shape index (κ2) is 5.09. The van der Waals surface area contributed by atoms with Crippen molar-refractivity contribution < 1.29 is 4.79 Å². The topological polar surface area (TPSA) is 51.0 Å². The van der Waals surface area contributed by atoms with Gasteiger partial charge in [-0.2, -0.15) is 0 Å². The van der Waals surface area contributed by atoms with E-state index in [0.29, 0.717) is 12.5 Å². The Bertz CT molecular complexity index is 336. The summed E-state index contributed by atoms with van der Waals surface area (Å²) in [6.07, 6.45) is 7.28. The first-order chi connectivity index (χ1) is 7.81. The number of nitrogens with zero attached hydrogens (tertiary/aromatic N) is 4. The number of carbonyl (C=O) groups excluding carboxylic acids is 1. The van der Waals surface area contributed by atoms with E-state index in [-0.39, 0.29) is 5.91 Å². The van der Waals surface area contributed by atoms with Gasteiger partial charge in [-0.15, -0.1) is 5.10 Å². The summed E-state index contributed by atoms with van der Waals surface area (Å²) in [6.45, 7) is 3.74. The van der Waals surface area contributed by atoms with Crippen LogP contribution in [-0.2, 0) is 4.79 Å². The number of carbonyl (C=O) groups is 1. The molecule has 0 aromatic carbocycles. The van der Waals surface area contributed by atoms with Crippen molar-refractivity contribution in [3.8, 4) is 0 Å². The Hall–Kier alpha value is -1.39. The molecule has 0 spiro atoms. The Morgan fingerprint density at radius 1 is 1.56 bits per heavy atom. The molecule has 1 unspecified atom stereocenters. The number of likely N-dealkylation sites (tertiary alicyclic amines) is 1. The molecular weight excluding hydrogens is 204 g/mol. The average Bonchev–Trinajstić information content (AvgIpc) is 2.94. The summed E-state index contributed by atoms with van der Waals surface area (Å²) < 4.78 is 1.85. The van der Waals surface area contributed by atoms with Crippen LogP contribution in [0.1, 0.15) is 38.6 Å². The normalized spacial score (nSPS) is 20.3. The van der Waals surface area contributed by atoms with Gasteiger partial charge in [0.25, 0.3) is 0 Å². The van der Waals surface area contributed by atoms with Crippen molar-refractivity contribution in [3.05, 3.63) is 12.4 Å². The third kappa shape index (κ3) is 2.40. The summed E-state index contributed by atoms with van der Waals surface area (Å²) in [5.74, 6) is 0.282. The van der Waals surface area contributed by atoms with Crippen LogP contribution in [0.2, 0.25) is 0 Å². The van der Waals surface area contributed by atoms with Gasteiger partial charge in [-0.05, 0) is 12.8 Å². The minimum Gasteiger partial charge on any atom is -0.340 e. The van der Waals surface area contributed by atoms with Crippen LogP contribution in [0.3, 0.4) is 0 Å². The van der Waals surface area contributed by atoms with Crippen molar-refractivity contribution in [2.24, 2.45) is 0 Å². The Kier molecular flexibility index (Phi) is 3.54. The molecule has 1 fully saturated rings. The van der Waals surface area contributed by atoms with Gasteiger partial charge in [-0.25, -0.2) is 4.68 Å². The molecular formula is C11H18N4O. The van der Waals surface area contributed by atoms with Gasteiger partial charge < -0.3 is 4.90 Å². The van der Waals surface area contributed by atoms with E-state index in [1.807, 2.05) is 15.8 Å². The quantitative estimate of drug-likeness (QED) is 0.770. The van der Waals surface area contributed by atoms with Gasteiger partial charge in [0.1, 0.15) is 0 Å². The molecule has 1 amide bonds. The summed E-state index contributed by atoms with van der Waals surface area (Å²) in [5.41, 5.74) is 0. The van der Waals surface area contributed by atoms with Gasteiger partial charge >= 0.3 is 0 Å². The lowest BCUT2D eigenvalue weighted by molar-refractivity contribution is -0.130. The highest BCUT2D eigenvalue weighted by molar-refractivity contribution is 5.76. The standard InChI is InChI=1S/C11H18N4O/c1-2-3-4-11(16)14-7-5-10(9-14)15-8-6-12-13-15/h6,8,10H,2-5,7,9H2,1H3. The predicted molar refractivity (Wildman–Crippen MR) is 59.8 cm³/mol. The lowest BCUT2D eigenvalue weighted by atomic mass is 10.2. The van der Waals surface area contributed by atoms with E-state index in [9.17, 15) is 4.79 Å². The molecule has 2 heterocycles. The van der Waals surface area contributed by atoms with Crippen molar-refractivity contribution in [3.63, 3.8) is 0 Å². The molecule has 1 atom stereocenters. The second-order valence-electron chi connectivity index (χ2n) is 4.27. The number of amides is 1. The zero-order valence-corrected chi connectivity index (χ0v) is 9.67. The summed E-state index contributed by atoms with van der Waals surface area (Å²) in [5, 5.41) is 7.78. The molecule has 1 saturated heterocycles. The molecule has 1 aromatic heterocycles. The van der Waals surface area contributed by atoms with Crippen molar-refractivity contribution >= 4 is 5.91 Å². The zero-order chi connectivity index (χ0) is 11.4. The average molecular weight is 222 g/mol. The van der Waals surface area contributed by atoms with Gasteiger partial charge in [0.15, 0.2) is 0 Å². The van der Waals surface area contributed by atoms with E-state index in [4.69, 9.17) is 0 Å². The molecule has 88 valence electrons. The van der Waals surface area contributed by atoms with Crippen molar-refractivity contribution in [2.45, 2.75) is 38.6 Å². The van der Waals surface area contributed by atoms with Crippen LogP contribution >= 0.6 is 0 Å². The maximum Gasteiger partial charge on any atom is 0.222 e. The lowest BCUT2D eigenvalue weighted by Crippen LogP contribution is -2.28. The van der Waals surface area contributed by atoms with E-state index in [1.165, 1.54) is 0 Å². The largest absolute Gasteiger partial charge is 0.340 e. The molecule has 5 heteroatoms. The third-order valence-corrected chi connectivity index (χ3v) is 3.08. The van der Waals surface area contributed by atoms with Crippen LogP contribution < -0.4 is 0 Å². The Labute approximate surface area is 95.4 Å². The summed E-state index contributed by atoms with van der Waals surface area (Å²) in [7, 11) is 0. The molecule has 2 rings (SSSR count). The molecule has 0 saturated carbocycles. The Morgan fingerprint density at radius 2 is 2.44 bits per heavy atom.